The van der Waals surface area contributed by atoms with Crippen LogP contribution in [0.1, 0.15) is 12.8 Å². The van der Waals surface area contributed by atoms with Crippen LogP contribution in [0.2, 0.25) is 0 Å². The fourth-order valence-corrected chi connectivity index (χ4v) is 1.73. The van der Waals surface area contributed by atoms with E-state index in [1.807, 2.05) is 12.2 Å². The molecular weight excluding hydrogens is 198 g/mol. The molecule has 5 N–H and O–H groups in total. The number of rotatable bonds is 3. The van der Waals surface area contributed by atoms with Gasteiger partial charge >= 0.3 is 0 Å². The summed E-state index contributed by atoms with van der Waals surface area (Å²) in [4.78, 5) is 0. The van der Waals surface area contributed by atoms with Gasteiger partial charge in [0.25, 0.3) is 0 Å². The van der Waals surface area contributed by atoms with Gasteiger partial charge in [0.2, 0.25) is 0 Å². The van der Waals surface area contributed by atoms with Gasteiger partial charge in [-0.25, -0.2) is 0 Å². The average molecular weight is 215 g/mol. The molecule has 3 heteroatoms. The molecule has 0 aromatic carbocycles. The maximum absolute atomic E-state index is 5.82. The Labute approximate surface area is 95.9 Å². The van der Waals surface area contributed by atoms with Gasteiger partial charge in [-0.05, 0) is 24.1 Å². The minimum Gasteiger partial charge on any atom is -0.397 e. The molecule has 0 radical (unpaired) electrons. The van der Waals surface area contributed by atoms with E-state index in [4.69, 9.17) is 11.5 Å². The van der Waals surface area contributed by atoms with Crippen LogP contribution in [0.5, 0.6) is 0 Å². The predicted molar refractivity (Wildman–Crippen MR) is 67.1 cm³/mol. The second kappa shape index (κ2) is 4.41. The quantitative estimate of drug-likeness (QED) is 0.667. The number of nitrogens with one attached hydrogen (secondary N) is 1. The monoisotopic (exact) mass is 215 g/mol. The highest BCUT2D eigenvalue weighted by Crippen LogP contribution is 2.27. The highest BCUT2D eigenvalue weighted by molar-refractivity contribution is 5.46. The van der Waals surface area contributed by atoms with Gasteiger partial charge in [-0.3, -0.25) is 0 Å². The summed E-state index contributed by atoms with van der Waals surface area (Å²) >= 11 is 0. The van der Waals surface area contributed by atoms with Gasteiger partial charge in [-0.15, -0.1) is 0 Å². The first-order chi connectivity index (χ1) is 7.70. The third-order valence-corrected chi connectivity index (χ3v) is 2.81. The molecule has 2 rings (SSSR count). The molecule has 2 aliphatic rings. The molecule has 0 fully saturated rings. The smallest absolute Gasteiger partial charge is 0.0544 e. The molecule has 0 aliphatic heterocycles. The SMILES string of the molecule is C=C1CC(NC2=CC=CCC(CN)=C2)=C1N. The van der Waals surface area contributed by atoms with Crippen LogP contribution in [-0.2, 0) is 0 Å². The van der Waals surface area contributed by atoms with Crippen molar-refractivity contribution in [2.75, 3.05) is 6.54 Å². The van der Waals surface area contributed by atoms with Crippen LogP contribution in [0.3, 0.4) is 0 Å². The molecule has 16 heavy (non-hydrogen) atoms. The van der Waals surface area contributed by atoms with E-state index in [0.717, 1.165) is 35.5 Å². The maximum atomic E-state index is 5.82. The van der Waals surface area contributed by atoms with Gasteiger partial charge in [0.1, 0.15) is 0 Å². The van der Waals surface area contributed by atoms with E-state index in [1.165, 1.54) is 5.57 Å². The summed E-state index contributed by atoms with van der Waals surface area (Å²) in [7, 11) is 0. The van der Waals surface area contributed by atoms with Crippen molar-refractivity contribution in [3.63, 3.8) is 0 Å². The highest BCUT2D eigenvalue weighted by Gasteiger charge is 2.18. The lowest BCUT2D eigenvalue weighted by Gasteiger charge is -2.25. The van der Waals surface area contributed by atoms with Crippen molar-refractivity contribution in [3.8, 4) is 0 Å². The molecule has 0 spiro atoms. The first-order valence-corrected chi connectivity index (χ1v) is 5.41. The summed E-state index contributed by atoms with van der Waals surface area (Å²) in [5.41, 5.74) is 16.6. The van der Waals surface area contributed by atoms with Crippen LogP contribution in [0.25, 0.3) is 0 Å². The second-order valence-corrected chi connectivity index (χ2v) is 4.06. The molecule has 2 aliphatic carbocycles. The van der Waals surface area contributed by atoms with Crippen molar-refractivity contribution in [2.24, 2.45) is 11.5 Å². The second-order valence-electron chi connectivity index (χ2n) is 4.06. The first kappa shape index (κ1) is 10.8. The number of nitrogens with two attached hydrogens (primary N) is 2. The Kier molecular flexibility index (Phi) is 2.97. The normalized spacial score (nSPS) is 19.9. The van der Waals surface area contributed by atoms with Crippen LogP contribution in [0.4, 0.5) is 0 Å². The standard InChI is InChI=1S/C13H17N3/c1-9-6-12(13(9)15)16-11-5-3-2-4-10(7-11)8-14/h2-3,5,7,16H,1,4,6,8,14-15H2. The zero-order valence-electron chi connectivity index (χ0n) is 9.29. The summed E-state index contributed by atoms with van der Waals surface area (Å²) < 4.78 is 0. The Balaban J connectivity index is 2.13. The number of allylic oxidation sites excluding steroid dienone is 6. The lowest BCUT2D eigenvalue weighted by Crippen LogP contribution is -2.26. The summed E-state index contributed by atoms with van der Waals surface area (Å²) in [6, 6.07) is 0. The Bertz CT molecular complexity index is 436. The topological polar surface area (TPSA) is 64.1 Å². The molecule has 84 valence electrons. The molecule has 0 bridgehead atoms. The van der Waals surface area contributed by atoms with Crippen molar-refractivity contribution in [1.29, 1.82) is 0 Å². The maximum Gasteiger partial charge on any atom is 0.0544 e. The molecule has 0 aromatic heterocycles. The summed E-state index contributed by atoms with van der Waals surface area (Å²) in [6.45, 7) is 4.43. The predicted octanol–water partition coefficient (Wildman–Crippen LogP) is 1.44. The van der Waals surface area contributed by atoms with Crippen LogP contribution in [-0.4, -0.2) is 6.54 Å². The third kappa shape index (κ3) is 2.09. The number of hydrogen-bond donors (Lipinski definition) is 3. The third-order valence-electron chi connectivity index (χ3n) is 2.81. The minimum atomic E-state index is 0.588. The van der Waals surface area contributed by atoms with Crippen LogP contribution in [0.15, 0.2) is 59.1 Å². The molecule has 0 unspecified atom stereocenters. The zero-order valence-corrected chi connectivity index (χ0v) is 9.29. The molecular formula is C13H17N3. The molecule has 0 saturated heterocycles. The summed E-state index contributed by atoms with van der Waals surface area (Å²) in [5.74, 6) is 0. The number of hydrogen-bond acceptors (Lipinski definition) is 3. The van der Waals surface area contributed by atoms with E-state index in [1.54, 1.807) is 0 Å². The molecule has 0 heterocycles. The fourth-order valence-electron chi connectivity index (χ4n) is 1.73. The lowest BCUT2D eigenvalue weighted by atomic mass is 9.95. The Hall–Kier alpha value is -1.74. The Morgan fingerprint density at radius 1 is 1.44 bits per heavy atom. The fraction of sp³-hybridized carbons (Fsp3) is 0.231. The van der Waals surface area contributed by atoms with Crippen molar-refractivity contribution >= 4 is 0 Å². The van der Waals surface area contributed by atoms with Crippen LogP contribution < -0.4 is 16.8 Å². The van der Waals surface area contributed by atoms with Crippen LogP contribution in [0, 0.1) is 0 Å². The average Bonchev–Trinajstić information content (AvgIpc) is 2.53. The van der Waals surface area contributed by atoms with Crippen molar-refractivity contribution in [3.05, 3.63) is 59.1 Å². The molecule has 3 nitrogen and oxygen atoms in total. The Morgan fingerprint density at radius 2 is 2.25 bits per heavy atom. The first-order valence-electron chi connectivity index (χ1n) is 5.41. The van der Waals surface area contributed by atoms with Crippen molar-refractivity contribution in [1.82, 2.24) is 5.32 Å². The van der Waals surface area contributed by atoms with Gasteiger partial charge in [0.15, 0.2) is 0 Å². The van der Waals surface area contributed by atoms with E-state index >= 15 is 0 Å². The zero-order chi connectivity index (χ0) is 11.5. The van der Waals surface area contributed by atoms with Crippen molar-refractivity contribution < 1.29 is 0 Å². The van der Waals surface area contributed by atoms with Crippen molar-refractivity contribution in [2.45, 2.75) is 12.8 Å². The van der Waals surface area contributed by atoms with Gasteiger partial charge < -0.3 is 16.8 Å². The van der Waals surface area contributed by atoms with Gasteiger partial charge in [0, 0.05) is 24.4 Å². The van der Waals surface area contributed by atoms with E-state index in [-0.39, 0.29) is 0 Å². The molecule has 0 aromatic rings. The largest absolute Gasteiger partial charge is 0.397 e. The summed E-state index contributed by atoms with van der Waals surface area (Å²) in [5, 5.41) is 3.31. The van der Waals surface area contributed by atoms with E-state index in [0.29, 0.717) is 6.54 Å². The summed E-state index contributed by atoms with van der Waals surface area (Å²) in [6.07, 6.45) is 10.0. The van der Waals surface area contributed by atoms with Gasteiger partial charge in [-0.1, -0.05) is 24.3 Å². The molecule has 0 saturated carbocycles. The van der Waals surface area contributed by atoms with E-state index < -0.39 is 0 Å². The van der Waals surface area contributed by atoms with E-state index in [9.17, 15) is 0 Å². The minimum absolute atomic E-state index is 0.588. The van der Waals surface area contributed by atoms with Gasteiger partial charge in [-0.2, -0.15) is 0 Å². The lowest BCUT2D eigenvalue weighted by molar-refractivity contribution is 0.832. The molecule has 0 atom stereocenters. The highest BCUT2D eigenvalue weighted by atomic mass is 14.9. The molecule has 0 amide bonds. The van der Waals surface area contributed by atoms with Gasteiger partial charge in [0.05, 0.1) is 5.70 Å². The van der Waals surface area contributed by atoms with E-state index in [2.05, 4.69) is 24.0 Å². The van der Waals surface area contributed by atoms with Crippen LogP contribution >= 0.6 is 0 Å². The Morgan fingerprint density at radius 3 is 2.88 bits per heavy atom.